The minimum atomic E-state index is -3.72. The van der Waals surface area contributed by atoms with Gasteiger partial charge in [0.2, 0.25) is 0 Å². The second-order valence-electron chi connectivity index (χ2n) is 4.23. The highest BCUT2D eigenvalue weighted by Crippen LogP contribution is 2.41. The quantitative estimate of drug-likeness (QED) is 0.853. The summed E-state index contributed by atoms with van der Waals surface area (Å²) in [4.78, 5) is 9.98. The molecule has 0 aliphatic rings. The Morgan fingerprint density at radius 3 is 2.37 bits per heavy atom. The molecule has 2 rings (SSSR count). The molecular weight excluding hydrogens is 259 g/mol. The van der Waals surface area contributed by atoms with E-state index in [9.17, 15) is 9.46 Å². The van der Waals surface area contributed by atoms with E-state index in [1.165, 1.54) is 0 Å². The molecule has 0 saturated heterocycles. The molecule has 1 atom stereocenters. The summed E-state index contributed by atoms with van der Waals surface area (Å²) >= 11 is 0. The summed E-state index contributed by atoms with van der Waals surface area (Å²) < 4.78 is 17.2. The SMILES string of the molecule is CCOP(=O)(O)c1ccccc1Cc1ccccc1. The molecular formula is C15H17O3P. The van der Waals surface area contributed by atoms with Crippen molar-refractivity contribution in [3.63, 3.8) is 0 Å². The fourth-order valence-corrected chi connectivity index (χ4v) is 3.28. The third-order valence-electron chi connectivity index (χ3n) is 2.84. The van der Waals surface area contributed by atoms with Gasteiger partial charge < -0.3 is 9.42 Å². The van der Waals surface area contributed by atoms with Gasteiger partial charge in [0.05, 0.1) is 11.9 Å². The summed E-state index contributed by atoms with van der Waals surface area (Å²) in [5, 5.41) is 0.390. The highest BCUT2D eigenvalue weighted by Gasteiger charge is 2.24. The standard InChI is InChI=1S/C15H17O3P/c1-2-18-19(16,17)15-11-7-6-10-14(15)12-13-8-4-3-5-9-13/h3-11H,2,12H2,1H3,(H,16,17). The molecule has 0 saturated carbocycles. The van der Waals surface area contributed by atoms with Gasteiger partial charge in [0, 0.05) is 0 Å². The highest BCUT2D eigenvalue weighted by atomic mass is 31.2. The van der Waals surface area contributed by atoms with Gasteiger partial charge in [0.25, 0.3) is 0 Å². The van der Waals surface area contributed by atoms with Crippen LogP contribution in [0, 0.1) is 0 Å². The summed E-state index contributed by atoms with van der Waals surface area (Å²) in [5.74, 6) is 0. The second kappa shape index (κ2) is 6.16. The molecule has 0 radical (unpaired) electrons. The Labute approximate surface area is 113 Å². The Morgan fingerprint density at radius 1 is 1.05 bits per heavy atom. The summed E-state index contributed by atoms with van der Waals surface area (Å²) in [6, 6.07) is 17.0. The van der Waals surface area contributed by atoms with Gasteiger partial charge in [-0.15, -0.1) is 0 Å². The first-order valence-electron chi connectivity index (χ1n) is 6.23. The van der Waals surface area contributed by atoms with Crippen LogP contribution in [0.1, 0.15) is 18.1 Å². The molecule has 0 amide bonds. The molecule has 0 heterocycles. The van der Waals surface area contributed by atoms with Gasteiger partial charge >= 0.3 is 7.60 Å². The van der Waals surface area contributed by atoms with Crippen LogP contribution in [0.5, 0.6) is 0 Å². The van der Waals surface area contributed by atoms with Crippen molar-refractivity contribution in [3.8, 4) is 0 Å². The highest BCUT2D eigenvalue weighted by molar-refractivity contribution is 7.61. The van der Waals surface area contributed by atoms with Gasteiger partial charge in [-0.3, -0.25) is 4.57 Å². The van der Waals surface area contributed by atoms with Crippen molar-refractivity contribution in [1.29, 1.82) is 0 Å². The van der Waals surface area contributed by atoms with E-state index in [2.05, 4.69) is 0 Å². The monoisotopic (exact) mass is 276 g/mol. The Morgan fingerprint density at radius 2 is 1.68 bits per heavy atom. The molecule has 100 valence electrons. The van der Waals surface area contributed by atoms with E-state index in [-0.39, 0.29) is 6.61 Å². The lowest BCUT2D eigenvalue weighted by molar-refractivity contribution is 0.284. The van der Waals surface area contributed by atoms with Gasteiger partial charge in [-0.05, 0) is 30.5 Å². The Kier molecular flexibility index (Phi) is 4.54. The molecule has 2 aromatic rings. The maximum absolute atomic E-state index is 12.2. The normalized spacial score (nSPS) is 14.0. The van der Waals surface area contributed by atoms with Crippen LogP contribution in [0.3, 0.4) is 0 Å². The molecule has 4 heteroatoms. The average molecular weight is 276 g/mol. The van der Waals surface area contributed by atoms with E-state index in [4.69, 9.17) is 4.52 Å². The van der Waals surface area contributed by atoms with Crippen molar-refractivity contribution in [2.24, 2.45) is 0 Å². The van der Waals surface area contributed by atoms with Crippen LogP contribution in [-0.2, 0) is 15.5 Å². The first-order valence-corrected chi connectivity index (χ1v) is 7.81. The molecule has 0 aromatic heterocycles. The molecule has 0 aliphatic carbocycles. The van der Waals surface area contributed by atoms with Crippen LogP contribution in [0.15, 0.2) is 54.6 Å². The third-order valence-corrected chi connectivity index (χ3v) is 4.49. The second-order valence-corrected chi connectivity index (χ2v) is 6.01. The first-order chi connectivity index (χ1) is 9.13. The predicted octanol–water partition coefficient (Wildman–Crippen LogP) is 3.12. The molecule has 1 unspecified atom stereocenters. The van der Waals surface area contributed by atoms with E-state index < -0.39 is 7.60 Å². The topological polar surface area (TPSA) is 46.5 Å². The zero-order valence-corrected chi connectivity index (χ0v) is 11.7. The molecule has 0 aliphatic heterocycles. The average Bonchev–Trinajstić information content (AvgIpc) is 2.40. The van der Waals surface area contributed by atoms with Crippen molar-refractivity contribution in [1.82, 2.24) is 0 Å². The zero-order valence-electron chi connectivity index (χ0n) is 10.8. The van der Waals surface area contributed by atoms with Gasteiger partial charge in [-0.25, -0.2) is 0 Å². The molecule has 0 fully saturated rings. The minimum Gasteiger partial charge on any atom is -0.321 e. The number of hydrogen-bond acceptors (Lipinski definition) is 2. The van der Waals surface area contributed by atoms with Gasteiger partial charge in [-0.1, -0.05) is 48.5 Å². The molecule has 2 aromatic carbocycles. The zero-order chi connectivity index (χ0) is 13.7. The van der Waals surface area contributed by atoms with Crippen LogP contribution in [0.2, 0.25) is 0 Å². The van der Waals surface area contributed by atoms with Crippen LogP contribution in [0.4, 0.5) is 0 Å². The molecule has 1 N–H and O–H groups in total. The fraction of sp³-hybridized carbons (Fsp3) is 0.200. The number of hydrogen-bond donors (Lipinski definition) is 1. The fourth-order valence-electron chi connectivity index (χ4n) is 2.00. The Hall–Kier alpha value is -1.41. The summed E-state index contributed by atoms with van der Waals surface area (Å²) in [6.07, 6.45) is 0.620. The van der Waals surface area contributed by atoms with Crippen molar-refractivity contribution in [2.75, 3.05) is 6.61 Å². The van der Waals surface area contributed by atoms with E-state index in [1.54, 1.807) is 19.1 Å². The van der Waals surface area contributed by atoms with E-state index >= 15 is 0 Å². The van der Waals surface area contributed by atoms with E-state index in [0.717, 1.165) is 11.1 Å². The molecule has 19 heavy (non-hydrogen) atoms. The van der Waals surface area contributed by atoms with Crippen LogP contribution in [0.25, 0.3) is 0 Å². The summed E-state index contributed by atoms with van der Waals surface area (Å²) in [6.45, 7) is 1.93. The predicted molar refractivity (Wildman–Crippen MR) is 76.8 cm³/mol. The van der Waals surface area contributed by atoms with Gasteiger partial charge in [-0.2, -0.15) is 0 Å². The van der Waals surface area contributed by atoms with Crippen LogP contribution in [-0.4, -0.2) is 11.5 Å². The van der Waals surface area contributed by atoms with Gasteiger partial charge in [0.1, 0.15) is 0 Å². The van der Waals surface area contributed by atoms with Crippen molar-refractivity contribution in [3.05, 3.63) is 65.7 Å². The maximum atomic E-state index is 12.2. The van der Waals surface area contributed by atoms with Crippen LogP contribution >= 0.6 is 7.60 Å². The lowest BCUT2D eigenvalue weighted by atomic mass is 10.1. The lowest BCUT2D eigenvalue weighted by Gasteiger charge is -2.15. The maximum Gasteiger partial charge on any atom is 0.359 e. The number of rotatable bonds is 5. The Bertz CT molecular complexity index is 581. The van der Waals surface area contributed by atoms with Crippen LogP contribution < -0.4 is 5.30 Å². The molecule has 0 spiro atoms. The van der Waals surface area contributed by atoms with Crippen molar-refractivity contribution in [2.45, 2.75) is 13.3 Å². The summed E-state index contributed by atoms with van der Waals surface area (Å²) in [5.41, 5.74) is 1.93. The largest absolute Gasteiger partial charge is 0.359 e. The Balaban J connectivity index is 2.34. The van der Waals surface area contributed by atoms with Crippen molar-refractivity contribution >= 4 is 12.9 Å². The number of benzene rings is 2. The lowest BCUT2D eigenvalue weighted by Crippen LogP contribution is -2.13. The van der Waals surface area contributed by atoms with Crippen molar-refractivity contribution < 1.29 is 14.0 Å². The minimum absolute atomic E-state index is 0.216. The third kappa shape index (κ3) is 3.54. The van der Waals surface area contributed by atoms with Gasteiger partial charge in [0.15, 0.2) is 0 Å². The van der Waals surface area contributed by atoms with E-state index in [0.29, 0.717) is 11.7 Å². The smallest absolute Gasteiger partial charge is 0.321 e. The molecule has 3 nitrogen and oxygen atoms in total. The molecule has 0 bridgehead atoms. The first kappa shape index (κ1) is 14.0. The summed E-state index contributed by atoms with van der Waals surface area (Å²) in [7, 11) is -3.72. The van der Waals surface area contributed by atoms with E-state index in [1.807, 2.05) is 42.5 Å².